The molecule has 0 spiro atoms. The van der Waals surface area contributed by atoms with Gasteiger partial charge in [-0.25, -0.2) is 0 Å². The van der Waals surface area contributed by atoms with E-state index in [4.69, 9.17) is 0 Å². The predicted molar refractivity (Wildman–Crippen MR) is 197 cm³/mol. The van der Waals surface area contributed by atoms with Crippen LogP contribution < -0.4 is 5.32 Å². The quantitative estimate of drug-likeness (QED) is 0.0501. The zero-order valence-corrected chi connectivity index (χ0v) is 29.6. The summed E-state index contributed by atoms with van der Waals surface area (Å²) in [7, 11) is 0. The first kappa shape index (κ1) is 43.1. The van der Waals surface area contributed by atoms with Crippen LogP contribution in [0.1, 0.15) is 174 Å². The lowest BCUT2D eigenvalue weighted by molar-refractivity contribution is -0.123. The number of amides is 1. The molecule has 2 atom stereocenters. The van der Waals surface area contributed by atoms with Crippen LogP contribution in [0.2, 0.25) is 0 Å². The molecule has 260 valence electrons. The second-order valence-corrected chi connectivity index (χ2v) is 12.6. The molecule has 0 saturated carbocycles. The minimum atomic E-state index is -0.668. The molecule has 0 aliphatic rings. The zero-order chi connectivity index (χ0) is 32.9. The molecule has 0 aliphatic carbocycles. The second-order valence-electron chi connectivity index (χ2n) is 12.6. The lowest BCUT2D eigenvalue weighted by atomic mass is 10.0. The number of hydrogen-bond acceptors (Lipinski definition) is 3. The Morgan fingerprint density at radius 3 is 1.47 bits per heavy atom. The molecule has 0 bridgehead atoms. The Balaban J connectivity index is 3.65. The van der Waals surface area contributed by atoms with Gasteiger partial charge in [-0.3, -0.25) is 4.79 Å². The Morgan fingerprint density at radius 1 is 0.556 bits per heavy atom. The molecule has 0 aliphatic heterocycles. The molecule has 1 amide bonds. The molecular weight excluding hydrogens is 554 g/mol. The van der Waals surface area contributed by atoms with Crippen LogP contribution in [0.4, 0.5) is 0 Å². The van der Waals surface area contributed by atoms with E-state index < -0.39 is 12.1 Å². The molecule has 2 unspecified atom stereocenters. The first-order valence-electron chi connectivity index (χ1n) is 19.0. The zero-order valence-electron chi connectivity index (χ0n) is 29.6. The molecular formula is C41H73NO3. The van der Waals surface area contributed by atoms with Gasteiger partial charge >= 0.3 is 0 Å². The van der Waals surface area contributed by atoms with E-state index in [0.29, 0.717) is 12.8 Å². The lowest BCUT2D eigenvalue weighted by Crippen LogP contribution is -2.45. The van der Waals surface area contributed by atoms with Crippen molar-refractivity contribution in [2.24, 2.45) is 0 Å². The third kappa shape index (κ3) is 33.3. The normalized spacial score (nSPS) is 13.8. The highest BCUT2D eigenvalue weighted by Crippen LogP contribution is 2.14. The van der Waals surface area contributed by atoms with Gasteiger partial charge in [0.2, 0.25) is 5.91 Å². The Labute approximate surface area is 279 Å². The molecule has 0 rings (SSSR count). The van der Waals surface area contributed by atoms with Gasteiger partial charge in [-0.05, 0) is 57.8 Å². The molecule has 0 fully saturated rings. The van der Waals surface area contributed by atoms with Crippen molar-refractivity contribution >= 4 is 5.91 Å². The summed E-state index contributed by atoms with van der Waals surface area (Å²) < 4.78 is 0. The minimum Gasteiger partial charge on any atom is -0.394 e. The minimum absolute atomic E-state index is 0.0541. The number of carbonyl (C=O) groups excluding carboxylic acids is 1. The lowest BCUT2D eigenvalue weighted by Gasteiger charge is -2.22. The van der Waals surface area contributed by atoms with Crippen molar-refractivity contribution in [3.63, 3.8) is 0 Å². The highest BCUT2D eigenvalue weighted by molar-refractivity contribution is 5.76. The number of hydrogen-bond donors (Lipinski definition) is 3. The SMILES string of the molecule is CC/C=C\C/C=C\C/C=C\C/C=C\C/C=C\CCCCCCCC(=O)NC(CO)C(O)CCCCCCCCCCCCCC. The predicted octanol–water partition coefficient (Wildman–Crippen LogP) is 11.4. The number of allylic oxidation sites excluding steroid dienone is 10. The van der Waals surface area contributed by atoms with Gasteiger partial charge in [0.05, 0.1) is 18.8 Å². The van der Waals surface area contributed by atoms with E-state index in [1.54, 1.807) is 0 Å². The molecule has 4 nitrogen and oxygen atoms in total. The van der Waals surface area contributed by atoms with Crippen molar-refractivity contribution in [1.29, 1.82) is 0 Å². The van der Waals surface area contributed by atoms with E-state index in [9.17, 15) is 15.0 Å². The molecule has 0 radical (unpaired) electrons. The summed E-state index contributed by atoms with van der Waals surface area (Å²) in [6.45, 7) is 4.21. The summed E-state index contributed by atoms with van der Waals surface area (Å²) in [5.41, 5.74) is 0. The van der Waals surface area contributed by atoms with E-state index in [0.717, 1.165) is 70.6 Å². The van der Waals surface area contributed by atoms with Crippen molar-refractivity contribution in [1.82, 2.24) is 5.32 Å². The Kier molecular flexibility index (Phi) is 35.0. The third-order valence-electron chi connectivity index (χ3n) is 8.29. The van der Waals surface area contributed by atoms with Crippen LogP contribution in [0, 0.1) is 0 Å². The topological polar surface area (TPSA) is 69.6 Å². The summed E-state index contributed by atoms with van der Waals surface area (Å²) in [5.74, 6) is -0.0541. The van der Waals surface area contributed by atoms with Crippen molar-refractivity contribution in [2.75, 3.05) is 6.61 Å². The van der Waals surface area contributed by atoms with Gasteiger partial charge in [0.1, 0.15) is 0 Å². The first-order chi connectivity index (χ1) is 22.2. The summed E-state index contributed by atoms with van der Waals surface area (Å²) in [6, 6.07) is -0.548. The summed E-state index contributed by atoms with van der Waals surface area (Å²) >= 11 is 0. The van der Waals surface area contributed by atoms with E-state index >= 15 is 0 Å². The Morgan fingerprint density at radius 2 is 0.978 bits per heavy atom. The molecule has 45 heavy (non-hydrogen) atoms. The molecule has 4 heteroatoms. The highest BCUT2D eigenvalue weighted by atomic mass is 16.3. The number of unbranched alkanes of at least 4 members (excludes halogenated alkanes) is 16. The van der Waals surface area contributed by atoms with Gasteiger partial charge in [-0.1, -0.05) is 171 Å². The highest BCUT2D eigenvalue weighted by Gasteiger charge is 2.19. The van der Waals surface area contributed by atoms with Gasteiger partial charge in [0, 0.05) is 6.42 Å². The fourth-order valence-electron chi connectivity index (χ4n) is 5.38. The van der Waals surface area contributed by atoms with Crippen molar-refractivity contribution < 1.29 is 15.0 Å². The summed E-state index contributed by atoms with van der Waals surface area (Å²) in [6.07, 6.45) is 49.9. The maximum absolute atomic E-state index is 12.3. The van der Waals surface area contributed by atoms with Crippen LogP contribution in [0.5, 0.6) is 0 Å². The average molecular weight is 628 g/mol. The van der Waals surface area contributed by atoms with Crippen LogP contribution in [-0.2, 0) is 4.79 Å². The van der Waals surface area contributed by atoms with Gasteiger partial charge < -0.3 is 15.5 Å². The molecule has 0 saturated heterocycles. The second kappa shape index (κ2) is 36.6. The van der Waals surface area contributed by atoms with Gasteiger partial charge in [-0.2, -0.15) is 0 Å². The molecule has 0 aromatic rings. The van der Waals surface area contributed by atoms with Crippen LogP contribution >= 0.6 is 0 Å². The molecule has 0 aromatic carbocycles. The Hall–Kier alpha value is -1.91. The van der Waals surface area contributed by atoms with Gasteiger partial charge in [0.15, 0.2) is 0 Å². The third-order valence-corrected chi connectivity index (χ3v) is 8.29. The monoisotopic (exact) mass is 628 g/mol. The number of aliphatic hydroxyl groups is 2. The smallest absolute Gasteiger partial charge is 0.220 e. The first-order valence-corrected chi connectivity index (χ1v) is 19.0. The fourth-order valence-corrected chi connectivity index (χ4v) is 5.38. The van der Waals surface area contributed by atoms with Crippen LogP contribution in [0.25, 0.3) is 0 Å². The van der Waals surface area contributed by atoms with Crippen molar-refractivity contribution in [3.05, 3.63) is 60.8 Å². The van der Waals surface area contributed by atoms with Crippen LogP contribution in [-0.4, -0.2) is 34.9 Å². The maximum Gasteiger partial charge on any atom is 0.220 e. The largest absolute Gasteiger partial charge is 0.394 e. The molecule has 0 aromatic heterocycles. The van der Waals surface area contributed by atoms with E-state index in [1.165, 1.54) is 77.0 Å². The summed E-state index contributed by atoms with van der Waals surface area (Å²) in [4.78, 5) is 12.3. The number of nitrogens with one attached hydrogen (secondary N) is 1. The van der Waals surface area contributed by atoms with E-state index in [1.807, 2.05) is 0 Å². The number of aliphatic hydroxyl groups excluding tert-OH is 2. The van der Waals surface area contributed by atoms with Gasteiger partial charge in [0.25, 0.3) is 0 Å². The number of rotatable bonds is 33. The average Bonchev–Trinajstić information content (AvgIpc) is 3.04. The van der Waals surface area contributed by atoms with E-state index in [2.05, 4.69) is 79.9 Å². The Bertz CT molecular complexity index is 767. The van der Waals surface area contributed by atoms with Crippen molar-refractivity contribution in [3.8, 4) is 0 Å². The van der Waals surface area contributed by atoms with Crippen molar-refractivity contribution in [2.45, 2.75) is 187 Å². The maximum atomic E-state index is 12.3. The van der Waals surface area contributed by atoms with Crippen LogP contribution in [0.3, 0.4) is 0 Å². The van der Waals surface area contributed by atoms with Crippen LogP contribution in [0.15, 0.2) is 60.8 Å². The van der Waals surface area contributed by atoms with E-state index in [-0.39, 0.29) is 12.5 Å². The molecule has 0 heterocycles. The fraction of sp³-hybridized carbons (Fsp3) is 0.732. The van der Waals surface area contributed by atoms with Gasteiger partial charge in [-0.15, -0.1) is 0 Å². The molecule has 3 N–H and O–H groups in total. The number of carbonyl (C=O) groups is 1. The summed E-state index contributed by atoms with van der Waals surface area (Å²) in [5, 5.41) is 23.0. The standard InChI is InChI=1S/C41H73NO3/c1-3-5-7-9-11-13-15-17-18-19-20-21-22-23-24-25-27-29-31-33-35-37-41(45)42-39(38-43)40(44)36-34-32-30-28-26-16-14-12-10-8-6-4-2/h5,7,11,13,17-18,20-21,23-24,39-40,43-44H,3-4,6,8-10,12,14-16,19,22,25-38H2,1-2H3,(H,42,45)/b7-5-,13-11-,18-17-,21-20-,24-23-.